The van der Waals surface area contributed by atoms with E-state index in [1.165, 1.54) is 0 Å². The Kier molecular flexibility index (Phi) is 5.28. The Labute approximate surface area is 225 Å². The van der Waals surface area contributed by atoms with E-state index < -0.39 is 0 Å². The van der Waals surface area contributed by atoms with Crippen molar-refractivity contribution in [3.63, 3.8) is 0 Å². The molecule has 176 valence electrons. The summed E-state index contributed by atoms with van der Waals surface area (Å²) in [6.45, 7) is 0. The molecular formula is C34H21Cl2N. The van der Waals surface area contributed by atoms with Crippen molar-refractivity contribution >= 4 is 83.4 Å². The highest BCUT2D eigenvalue weighted by Gasteiger charge is 2.26. The molecule has 0 aliphatic heterocycles. The van der Waals surface area contributed by atoms with E-state index in [4.69, 9.17) is 23.2 Å². The molecule has 0 fully saturated rings. The fourth-order valence-corrected chi connectivity index (χ4v) is 6.07. The molecule has 0 saturated carbocycles. The van der Waals surface area contributed by atoms with Gasteiger partial charge in [-0.05, 0) is 45.8 Å². The van der Waals surface area contributed by atoms with Gasteiger partial charge in [-0.2, -0.15) is 0 Å². The lowest BCUT2D eigenvalue weighted by Gasteiger charge is -2.32. The summed E-state index contributed by atoms with van der Waals surface area (Å²) in [4.78, 5) is 2.29. The molecule has 0 spiro atoms. The van der Waals surface area contributed by atoms with E-state index >= 15 is 0 Å². The third-order valence-electron chi connectivity index (χ3n) is 7.09. The van der Waals surface area contributed by atoms with Gasteiger partial charge in [0, 0.05) is 21.5 Å². The lowest BCUT2D eigenvalue weighted by atomic mass is 9.96. The van der Waals surface area contributed by atoms with Crippen LogP contribution in [0.5, 0.6) is 0 Å². The Morgan fingerprint density at radius 2 is 0.676 bits per heavy atom. The lowest BCUT2D eigenvalue weighted by Crippen LogP contribution is -2.13. The molecule has 0 saturated heterocycles. The Bertz CT molecular complexity index is 1730. The van der Waals surface area contributed by atoms with E-state index in [1.807, 2.05) is 18.2 Å². The highest BCUT2D eigenvalue weighted by atomic mass is 35.5. The minimum absolute atomic E-state index is 0.599. The fraction of sp³-hybridized carbons (Fsp3) is 0. The summed E-state index contributed by atoms with van der Waals surface area (Å²) in [5.74, 6) is 0. The van der Waals surface area contributed by atoms with Crippen LogP contribution in [0.15, 0.2) is 127 Å². The summed E-state index contributed by atoms with van der Waals surface area (Å²) in [6, 6.07) is 44.3. The average Bonchev–Trinajstić information content (AvgIpc) is 2.93. The molecule has 3 heteroatoms. The first-order chi connectivity index (χ1) is 18.2. The molecule has 0 amide bonds. The van der Waals surface area contributed by atoms with Crippen LogP contribution in [0.4, 0.5) is 17.1 Å². The van der Waals surface area contributed by atoms with Crippen LogP contribution in [-0.4, -0.2) is 0 Å². The van der Waals surface area contributed by atoms with Gasteiger partial charge in [-0.25, -0.2) is 0 Å². The van der Waals surface area contributed by atoms with Crippen LogP contribution in [0.1, 0.15) is 0 Å². The summed E-state index contributed by atoms with van der Waals surface area (Å²) in [6.07, 6.45) is 0. The number of halogens is 2. The summed E-state index contributed by atoms with van der Waals surface area (Å²) < 4.78 is 0. The van der Waals surface area contributed by atoms with Gasteiger partial charge in [0.25, 0.3) is 0 Å². The number of benzene rings is 7. The first-order valence-corrected chi connectivity index (χ1v) is 13.0. The molecule has 0 N–H and O–H groups in total. The Balaban J connectivity index is 1.76. The maximum atomic E-state index is 7.00. The predicted octanol–water partition coefficient (Wildman–Crippen LogP) is 11.1. The first-order valence-electron chi connectivity index (χ1n) is 12.3. The highest BCUT2D eigenvalue weighted by molar-refractivity contribution is 6.40. The van der Waals surface area contributed by atoms with E-state index in [1.54, 1.807) is 0 Å². The molecule has 7 aromatic rings. The molecule has 37 heavy (non-hydrogen) atoms. The SMILES string of the molecule is Clc1cccc(Cl)c1N(c1c2ccccc2cc2ccccc12)c1c2ccccc2cc2ccccc12. The van der Waals surface area contributed by atoms with Gasteiger partial charge in [0.15, 0.2) is 0 Å². The van der Waals surface area contributed by atoms with Gasteiger partial charge >= 0.3 is 0 Å². The largest absolute Gasteiger partial charge is 0.305 e. The van der Waals surface area contributed by atoms with Crippen molar-refractivity contribution in [3.8, 4) is 0 Å². The molecule has 0 heterocycles. The Hall–Kier alpha value is -4.04. The smallest absolute Gasteiger partial charge is 0.0836 e. The fourth-order valence-electron chi connectivity index (χ4n) is 5.50. The van der Waals surface area contributed by atoms with E-state index in [2.05, 4.69) is 114 Å². The van der Waals surface area contributed by atoms with Gasteiger partial charge in [0.2, 0.25) is 0 Å². The maximum absolute atomic E-state index is 7.00. The maximum Gasteiger partial charge on any atom is 0.0836 e. The van der Waals surface area contributed by atoms with Crippen LogP contribution in [0.25, 0.3) is 43.1 Å². The Morgan fingerprint density at radius 1 is 0.351 bits per heavy atom. The third kappa shape index (κ3) is 3.54. The summed E-state index contributed by atoms with van der Waals surface area (Å²) in [7, 11) is 0. The van der Waals surface area contributed by atoms with Crippen LogP contribution in [-0.2, 0) is 0 Å². The van der Waals surface area contributed by atoms with E-state index in [9.17, 15) is 0 Å². The van der Waals surface area contributed by atoms with Crippen molar-refractivity contribution in [2.75, 3.05) is 4.90 Å². The van der Waals surface area contributed by atoms with Gasteiger partial charge in [-0.1, -0.05) is 126 Å². The molecular weight excluding hydrogens is 493 g/mol. The van der Waals surface area contributed by atoms with Crippen molar-refractivity contribution in [1.29, 1.82) is 0 Å². The molecule has 1 nitrogen and oxygen atoms in total. The Morgan fingerprint density at radius 3 is 1.03 bits per heavy atom. The van der Waals surface area contributed by atoms with Gasteiger partial charge < -0.3 is 4.90 Å². The quantitative estimate of drug-likeness (QED) is 0.212. The second kappa shape index (κ2) is 8.81. The zero-order valence-electron chi connectivity index (χ0n) is 19.8. The van der Waals surface area contributed by atoms with Crippen LogP contribution in [0, 0.1) is 0 Å². The van der Waals surface area contributed by atoms with Gasteiger partial charge in [0.05, 0.1) is 27.1 Å². The second-order valence-electron chi connectivity index (χ2n) is 9.24. The topological polar surface area (TPSA) is 3.24 Å². The van der Waals surface area contributed by atoms with Gasteiger partial charge in [-0.15, -0.1) is 0 Å². The van der Waals surface area contributed by atoms with Crippen LogP contribution < -0.4 is 4.90 Å². The number of fused-ring (bicyclic) bond motifs is 4. The van der Waals surface area contributed by atoms with Gasteiger partial charge in [0.1, 0.15) is 0 Å². The zero-order chi connectivity index (χ0) is 24.9. The molecule has 0 bridgehead atoms. The normalized spacial score (nSPS) is 11.5. The summed E-state index contributed by atoms with van der Waals surface area (Å²) in [5.41, 5.74) is 2.89. The minimum Gasteiger partial charge on any atom is -0.305 e. The predicted molar refractivity (Wildman–Crippen MR) is 161 cm³/mol. The van der Waals surface area contributed by atoms with Gasteiger partial charge in [-0.3, -0.25) is 0 Å². The summed E-state index contributed by atoms with van der Waals surface area (Å²) in [5, 5.41) is 10.4. The van der Waals surface area contributed by atoms with E-state index in [0.717, 1.165) is 60.2 Å². The number of rotatable bonds is 3. The number of hydrogen-bond acceptors (Lipinski definition) is 1. The number of hydrogen-bond donors (Lipinski definition) is 0. The zero-order valence-corrected chi connectivity index (χ0v) is 21.3. The van der Waals surface area contributed by atoms with E-state index in [0.29, 0.717) is 10.0 Å². The number of nitrogens with zero attached hydrogens (tertiary/aromatic N) is 1. The van der Waals surface area contributed by atoms with Crippen LogP contribution >= 0.6 is 23.2 Å². The molecule has 0 aliphatic carbocycles. The van der Waals surface area contributed by atoms with E-state index in [-0.39, 0.29) is 0 Å². The number of anilines is 3. The van der Waals surface area contributed by atoms with Crippen molar-refractivity contribution in [2.24, 2.45) is 0 Å². The van der Waals surface area contributed by atoms with Crippen molar-refractivity contribution in [2.45, 2.75) is 0 Å². The molecule has 0 atom stereocenters. The molecule has 0 aromatic heterocycles. The standard InChI is InChI=1S/C34H21Cl2N/c35-30-18-9-19-31(36)34(30)37(32-26-14-5-1-10-22(26)20-23-11-2-6-15-27(23)32)33-28-16-7-3-12-24(28)21-25-13-4-8-17-29(25)33/h1-21H. The molecule has 0 radical (unpaired) electrons. The minimum atomic E-state index is 0.599. The van der Waals surface area contributed by atoms with Crippen LogP contribution in [0.2, 0.25) is 10.0 Å². The molecule has 7 aromatic carbocycles. The van der Waals surface area contributed by atoms with Crippen molar-refractivity contribution in [3.05, 3.63) is 137 Å². The van der Waals surface area contributed by atoms with Crippen molar-refractivity contribution < 1.29 is 0 Å². The second-order valence-corrected chi connectivity index (χ2v) is 10.1. The molecule has 0 aliphatic rings. The summed E-state index contributed by atoms with van der Waals surface area (Å²) >= 11 is 14.0. The monoisotopic (exact) mass is 513 g/mol. The number of para-hydroxylation sites is 1. The first kappa shape index (κ1) is 22.2. The average molecular weight is 514 g/mol. The molecule has 0 unspecified atom stereocenters. The lowest BCUT2D eigenvalue weighted by molar-refractivity contribution is 1.34. The molecule has 7 rings (SSSR count). The van der Waals surface area contributed by atoms with Crippen molar-refractivity contribution in [1.82, 2.24) is 0 Å². The third-order valence-corrected chi connectivity index (χ3v) is 7.70. The van der Waals surface area contributed by atoms with Crippen LogP contribution in [0.3, 0.4) is 0 Å². The highest BCUT2D eigenvalue weighted by Crippen LogP contribution is 2.51.